The van der Waals surface area contributed by atoms with E-state index in [0.29, 0.717) is 10.7 Å². The molecule has 2 rings (SSSR count). The van der Waals surface area contributed by atoms with Crippen LogP contribution in [0.1, 0.15) is 24.1 Å². The molecular weight excluding hydrogens is 291 g/mol. The summed E-state index contributed by atoms with van der Waals surface area (Å²) < 4.78 is 12.9. The smallest absolute Gasteiger partial charge is 0.319 e. The third kappa shape index (κ3) is 4.20. The van der Waals surface area contributed by atoms with Gasteiger partial charge in [-0.25, -0.2) is 9.18 Å². The highest BCUT2D eigenvalue weighted by Gasteiger charge is 2.10. The minimum atomic E-state index is -0.341. The molecule has 0 heterocycles. The zero-order valence-corrected chi connectivity index (χ0v) is 12.5. The molecule has 0 aliphatic rings. The van der Waals surface area contributed by atoms with Crippen LogP contribution in [0.2, 0.25) is 5.02 Å². The molecule has 2 amide bonds. The van der Waals surface area contributed by atoms with Gasteiger partial charge in [0.25, 0.3) is 0 Å². The molecule has 21 heavy (non-hydrogen) atoms. The van der Waals surface area contributed by atoms with E-state index in [0.717, 1.165) is 11.1 Å². The summed E-state index contributed by atoms with van der Waals surface area (Å²) in [6.07, 6.45) is 0. The zero-order chi connectivity index (χ0) is 15.4. The van der Waals surface area contributed by atoms with Crippen molar-refractivity contribution in [3.63, 3.8) is 0 Å². The predicted octanol–water partition coefficient (Wildman–Crippen LogP) is 4.67. The van der Waals surface area contributed by atoms with Gasteiger partial charge in [0.2, 0.25) is 0 Å². The van der Waals surface area contributed by atoms with Crippen LogP contribution in [0.5, 0.6) is 0 Å². The molecule has 3 nitrogen and oxygen atoms in total. The van der Waals surface area contributed by atoms with E-state index in [-0.39, 0.29) is 17.9 Å². The average Bonchev–Trinajstić information content (AvgIpc) is 2.43. The Bertz CT molecular complexity index is 643. The summed E-state index contributed by atoms with van der Waals surface area (Å²) in [5, 5.41) is 6.09. The van der Waals surface area contributed by atoms with Crippen molar-refractivity contribution in [2.75, 3.05) is 5.32 Å². The predicted molar refractivity (Wildman–Crippen MR) is 83.2 cm³/mol. The van der Waals surface area contributed by atoms with E-state index in [4.69, 9.17) is 11.6 Å². The summed E-state index contributed by atoms with van der Waals surface area (Å²) >= 11 is 6.01. The first-order valence-corrected chi connectivity index (χ1v) is 6.92. The molecule has 1 atom stereocenters. The molecule has 0 saturated heterocycles. The summed E-state index contributed by atoms with van der Waals surface area (Å²) in [5.41, 5.74) is 2.39. The fourth-order valence-corrected chi connectivity index (χ4v) is 2.05. The maximum Gasteiger partial charge on any atom is 0.319 e. The van der Waals surface area contributed by atoms with Gasteiger partial charge in [0.05, 0.1) is 6.04 Å². The molecule has 2 N–H and O–H groups in total. The van der Waals surface area contributed by atoms with Crippen molar-refractivity contribution < 1.29 is 9.18 Å². The first-order valence-electron chi connectivity index (χ1n) is 6.55. The number of benzene rings is 2. The first-order chi connectivity index (χ1) is 9.95. The van der Waals surface area contributed by atoms with E-state index in [9.17, 15) is 9.18 Å². The van der Waals surface area contributed by atoms with Crippen LogP contribution in [0.25, 0.3) is 0 Å². The van der Waals surface area contributed by atoms with Crippen molar-refractivity contribution in [3.8, 4) is 0 Å². The Hall–Kier alpha value is -2.07. The lowest BCUT2D eigenvalue weighted by molar-refractivity contribution is 0.249. The fourth-order valence-electron chi connectivity index (χ4n) is 1.87. The number of amides is 2. The SMILES string of the molecule is Cc1ccc(NC(=O)N[C@H](C)c2ccc(F)cc2)cc1Cl. The van der Waals surface area contributed by atoms with Crippen molar-refractivity contribution in [3.05, 3.63) is 64.4 Å². The van der Waals surface area contributed by atoms with Gasteiger partial charge in [0, 0.05) is 10.7 Å². The zero-order valence-electron chi connectivity index (χ0n) is 11.8. The van der Waals surface area contributed by atoms with Gasteiger partial charge in [-0.05, 0) is 49.2 Å². The van der Waals surface area contributed by atoms with Gasteiger partial charge in [-0.3, -0.25) is 0 Å². The number of hydrogen-bond donors (Lipinski definition) is 2. The molecule has 5 heteroatoms. The molecule has 0 aliphatic heterocycles. The average molecular weight is 307 g/mol. The Morgan fingerprint density at radius 2 is 1.86 bits per heavy atom. The maximum absolute atomic E-state index is 12.9. The van der Waals surface area contributed by atoms with Crippen molar-refractivity contribution in [2.45, 2.75) is 19.9 Å². The van der Waals surface area contributed by atoms with Crippen LogP contribution in [-0.2, 0) is 0 Å². The third-order valence-corrected chi connectivity index (χ3v) is 3.55. The maximum atomic E-state index is 12.9. The Morgan fingerprint density at radius 3 is 2.48 bits per heavy atom. The van der Waals surface area contributed by atoms with Crippen molar-refractivity contribution >= 4 is 23.3 Å². The summed E-state index contributed by atoms with van der Waals surface area (Å²) in [5.74, 6) is -0.301. The number of carbonyl (C=O) groups excluding carboxylic acids is 1. The van der Waals surface area contributed by atoms with E-state index in [1.54, 1.807) is 24.3 Å². The first kappa shape index (κ1) is 15.3. The molecule has 2 aromatic carbocycles. The van der Waals surface area contributed by atoms with Crippen molar-refractivity contribution in [1.82, 2.24) is 5.32 Å². The number of hydrogen-bond acceptors (Lipinski definition) is 1. The summed E-state index contributed by atoms with van der Waals surface area (Å²) in [6.45, 7) is 3.72. The van der Waals surface area contributed by atoms with Gasteiger partial charge < -0.3 is 10.6 Å². The standard InChI is InChI=1S/C16H16ClFN2O/c1-10-3-8-14(9-15(10)17)20-16(21)19-11(2)12-4-6-13(18)7-5-12/h3-9,11H,1-2H3,(H2,19,20,21)/t11-/m1/s1. The number of halogens is 2. The van der Waals surface area contributed by atoms with E-state index in [2.05, 4.69) is 10.6 Å². The molecule has 0 spiro atoms. The van der Waals surface area contributed by atoms with Crippen LogP contribution in [0.4, 0.5) is 14.9 Å². The largest absolute Gasteiger partial charge is 0.331 e. The van der Waals surface area contributed by atoms with Crippen LogP contribution in [-0.4, -0.2) is 6.03 Å². The van der Waals surface area contributed by atoms with Crippen LogP contribution in [0.3, 0.4) is 0 Å². The van der Waals surface area contributed by atoms with E-state index < -0.39 is 0 Å². The summed E-state index contributed by atoms with van der Waals surface area (Å²) in [4.78, 5) is 11.9. The quantitative estimate of drug-likeness (QED) is 0.850. The Morgan fingerprint density at radius 1 is 1.19 bits per heavy atom. The van der Waals surface area contributed by atoms with Crippen molar-refractivity contribution in [1.29, 1.82) is 0 Å². The number of carbonyl (C=O) groups is 1. The lowest BCUT2D eigenvalue weighted by Gasteiger charge is -2.15. The Balaban J connectivity index is 1.97. The molecule has 0 bridgehead atoms. The molecule has 0 aromatic heterocycles. The number of urea groups is 1. The van der Waals surface area contributed by atoms with E-state index in [1.807, 2.05) is 19.9 Å². The monoisotopic (exact) mass is 306 g/mol. The number of anilines is 1. The molecular formula is C16H16ClFN2O. The highest BCUT2D eigenvalue weighted by Crippen LogP contribution is 2.20. The number of aryl methyl sites for hydroxylation is 1. The Labute approximate surface area is 128 Å². The Kier molecular flexibility index (Phi) is 4.81. The van der Waals surface area contributed by atoms with Crippen molar-refractivity contribution in [2.24, 2.45) is 0 Å². The summed E-state index contributed by atoms with van der Waals surface area (Å²) in [6, 6.07) is 10.8. The van der Waals surface area contributed by atoms with Crippen LogP contribution >= 0.6 is 11.6 Å². The molecule has 0 saturated carbocycles. The van der Waals surface area contributed by atoms with Gasteiger partial charge in [-0.15, -0.1) is 0 Å². The van der Waals surface area contributed by atoms with Crippen LogP contribution < -0.4 is 10.6 Å². The number of nitrogens with one attached hydrogen (secondary N) is 2. The topological polar surface area (TPSA) is 41.1 Å². The van der Waals surface area contributed by atoms with Crippen LogP contribution in [0.15, 0.2) is 42.5 Å². The second kappa shape index (κ2) is 6.59. The second-order valence-corrected chi connectivity index (χ2v) is 5.24. The minimum Gasteiger partial charge on any atom is -0.331 e. The fraction of sp³-hybridized carbons (Fsp3) is 0.188. The molecule has 0 aliphatic carbocycles. The van der Waals surface area contributed by atoms with Gasteiger partial charge >= 0.3 is 6.03 Å². The van der Waals surface area contributed by atoms with Gasteiger partial charge in [0.1, 0.15) is 5.82 Å². The molecule has 2 aromatic rings. The normalized spacial score (nSPS) is 11.8. The molecule has 0 unspecified atom stereocenters. The lowest BCUT2D eigenvalue weighted by atomic mass is 10.1. The summed E-state index contributed by atoms with van der Waals surface area (Å²) in [7, 11) is 0. The molecule has 0 fully saturated rings. The molecule has 0 radical (unpaired) electrons. The second-order valence-electron chi connectivity index (χ2n) is 4.84. The van der Waals surface area contributed by atoms with E-state index in [1.165, 1.54) is 12.1 Å². The highest BCUT2D eigenvalue weighted by molar-refractivity contribution is 6.31. The highest BCUT2D eigenvalue weighted by atomic mass is 35.5. The lowest BCUT2D eigenvalue weighted by Crippen LogP contribution is -2.31. The van der Waals surface area contributed by atoms with Gasteiger partial charge in [-0.1, -0.05) is 29.8 Å². The third-order valence-electron chi connectivity index (χ3n) is 3.15. The number of rotatable bonds is 3. The van der Waals surface area contributed by atoms with Gasteiger partial charge in [0.15, 0.2) is 0 Å². The van der Waals surface area contributed by atoms with Crippen LogP contribution in [0, 0.1) is 12.7 Å². The molecule has 110 valence electrons. The minimum absolute atomic E-state index is 0.230. The van der Waals surface area contributed by atoms with E-state index >= 15 is 0 Å². The van der Waals surface area contributed by atoms with Gasteiger partial charge in [-0.2, -0.15) is 0 Å².